The molecule has 0 spiro atoms. The highest BCUT2D eigenvalue weighted by Gasteiger charge is 2.33. The maximum absolute atomic E-state index is 3.83. The average Bonchev–Trinajstić information content (AvgIpc) is 2.15. The van der Waals surface area contributed by atoms with Gasteiger partial charge in [0.2, 0.25) is 0 Å². The largest absolute Gasteiger partial charge is 0.314 e. The summed E-state index contributed by atoms with van der Waals surface area (Å²) in [6.07, 6.45) is 6.92. The first-order chi connectivity index (χ1) is 7.70. The zero-order chi connectivity index (χ0) is 13.1. The Morgan fingerprint density at radius 1 is 0.941 bits per heavy atom. The minimum absolute atomic E-state index is 0.457. The van der Waals surface area contributed by atoms with E-state index in [0.717, 1.165) is 12.0 Å². The molecule has 2 unspecified atom stereocenters. The van der Waals surface area contributed by atoms with Crippen LogP contribution in [0.5, 0.6) is 0 Å². The Kier molecular flexibility index (Phi) is 5.07. The minimum Gasteiger partial charge on any atom is -0.314 e. The van der Waals surface area contributed by atoms with Crippen molar-refractivity contribution in [3.8, 4) is 0 Å². The summed E-state index contributed by atoms with van der Waals surface area (Å²) in [6, 6.07) is 0.756. The first-order valence-corrected chi connectivity index (χ1v) is 7.43. The van der Waals surface area contributed by atoms with Crippen molar-refractivity contribution in [2.24, 2.45) is 16.7 Å². The molecule has 0 aromatic heterocycles. The third kappa shape index (κ3) is 5.42. The maximum Gasteiger partial charge on any atom is 0.0100 e. The van der Waals surface area contributed by atoms with E-state index in [4.69, 9.17) is 0 Å². The number of hydrogen-bond donors (Lipinski definition) is 1. The van der Waals surface area contributed by atoms with Crippen LogP contribution in [0.4, 0.5) is 0 Å². The Balaban J connectivity index is 2.44. The first kappa shape index (κ1) is 15.0. The van der Waals surface area contributed by atoms with E-state index in [0.29, 0.717) is 10.8 Å². The van der Waals surface area contributed by atoms with Gasteiger partial charge in [0.05, 0.1) is 0 Å². The summed E-state index contributed by atoms with van der Waals surface area (Å²) in [4.78, 5) is 0. The van der Waals surface area contributed by atoms with E-state index >= 15 is 0 Å². The molecule has 0 amide bonds. The Labute approximate surface area is 109 Å². The zero-order valence-corrected chi connectivity index (χ0v) is 12.9. The fourth-order valence-corrected chi connectivity index (χ4v) is 3.04. The molecule has 1 N–H and O–H groups in total. The van der Waals surface area contributed by atoms with E-state index in [2.05, 4.69) is 46.9 Å². The highest BCUT2D eigenvalue weighted by atomic mass is 14.9. The smallest absolute Gasteiger partial charge is 0.0100 e. The minimum atomic E-state index is 0.457. The van der Waals surface area contributed by atoms with E-state index in [1.54, 1.807) is 0 Å². The molecular weight excluding hydrogens is 206 g/mol. The van der Waals surface area contributed by atoms with E-state index in [-0.39, 0.29) is 0 Å². The van der Waals surface area contributed by atoms with Crippen LogP contribution in [-0.2, 0) is 0 Å². The Morgan fingerprint density at radius 3 is 2.06 bits per heavy atom. The van der Waals surface area contributed by atoms with Crippen molar-refractivity contribution < 1.29 is 0 Å². The summed E-state index contributed by atoms with van der Waals surface area (Å²) in [5.74, 6) is 0.858. The van der Waals surface area contributed by atoms with Gasteiger partial charge >= 0.3 is 0 Å². The van der Waals surface area contributed by atoms with E-state index < -0.39 is 0 Å². The van der Waals surface area contributed by atoms with Crippen LogP contribution in [-0.4, -0.2) is 12.6 Å². The number of nitrogens with one attached hydrogen (secondary N) is 1. The predicted molar refractivity (Wildman–Crippen MR) is 77.3 cm³/mol. The lowest BCUT2D eigenvalue weighted by Gasteiger charge is -2.41. The van der Waals surface area contributed by atoms with Gasteiger partial charge in [0.15, 0.2) is 0 Å². The molecule has 2 atom stereocenters. The summed E-state index contributed by atoms with van der Waals surface area (Å²) < 4.78 is 0. The highest BCUT2D eigenvalue weighted by Crippen LogP contribution is 2.38. The monoisotopic (exact) mass is 239 g/mol. The molecule has 0 radical (unpaired) electrons. The second-order valence-electron chi connectivity index (χ2n) is 8.13. The summed E-state index contributed by atoms with van der Waals surface area (Å²) in [5.41, 5.74) is 0.915. The zero-order valence-electron chi connectivity index (χ0n) is 12.9. The van der Waals surface area contributed by atoms with Crippen LogP contribution in [0.15, 0.2) is 0 Å². The average molecular weight is 239 g/mol. The van der Waals surface area contributed by atoms with Crippen LogP contribution < -0.4 is 5.32 Å². The number of hydrogen-bond acceptors (Lipinski definition) is 1. The molecule has 1 saturated carbocycles. The topological polar surface area (TPSA) is 12.0 Å². The molecule has 0 heterocycles. The molecule has 1 heteroatoms. The molecule has 1 fully saturated rings. The lowest BCUT2D eigenvalue weighted by molar-refractivity contribution is 0.129. The molecule has 0 bridgehead atoms. The summed E-state index contributed by atoms with van der Waals surface area (Å²) in [6.45, 7) is 15.4. The maximum atomic E-state index is 3.83. The highest BCUT2D eigenvalue weighted by molar-refractivity contribution is 4.88. The molecule has 1 rings (SSSR count). The summed E-state index contributed by atoms with van der Waals surface area (Å²) in [7, 11) is 0. The molecule has 1 aliphatic carbocycles. The van der Waals surface area contributed by atoms with Crippen molar-refractivity contribution in [1.82, 2.24) is 5.32 Å². The fraction of sp³-hybridized carbons (Fsp3) is 1.00. The van der Waals surface area contributed by atoms with Gasteiger partial charge in [0, 0.05) is 6.04 Å². The van der Waals surface area contributed by atoms with Gasteiger partial charge in [-0.05, 0) is 42.6 Å². The van der Waals surface area contributed by atoms with Crippen LogP contribution in [0.1, 0.15) is 73.6 Å². The molecule has 102 valence electrons. The third-order valence-electron chi connectivity index (χ3n) is 4.16. The summed E-state index contributed by atoms with van der Waals surface area (Å²) in [5, 5.41) is 3.83. The van der Waals surface area contributed by atoms with E-state index in [1.165, 1.54) is 38.6 Å². The third-order valence-corrected chi connectivity index (χ3v) is 4.16. The Morgan fingerprint density at radius 2 is 1.53 bits per heavy atom. The van der Waals surface area contributed by atoms with Gasteiger partial charge in [-0.2, -0.15) is 0 Å². The van der Waals surface area contributed by atoms with Crippen LogP contribution in [0, 0.1) is 16.7 Å². The molecule has 0 aliphatic heterocycles. The van der Waals surface area contributed by atoms with Gasteiger partial charge in [-0.3, -0.25) is 0 Å². The van der Waals surface area contributed by atoms with Gasteiger partial charge in [0.25, 0.3) is 0 Å². The predicted octanol–water partition coefficient (Wildman–Crippen LogP) is 4.62. The van der Waals surface area contributed by atoms with Crippen LogP contribution >= 0.6 is 0 Å². The van der Waals surface area contributed by atoms with Crippen LogP contribution in [0.2, 0.25) is 0 Å². The van der Waals surface area contributed by atoms with E-state index in [9.17, 15) is 0 Å². The van der Waals surface area contributed by atoms with Gasteiger partial charge < -0.3 is 5.32 Å². The number of rotatable bonds is 3. The van der Waals surface area contributed by atoms with Crippen molar-refractivity contribution >= 4 is 0 Å². The fourth-order valence-electron chi connectivity index (χ4n) is 3.04. The van der Waals surface area contributed by atoms with E-state index in [1.807, 2.05) is 0 Å². The lowest BCUT2D eigenvalue weighted by Crippen LogP contribution is -2.45. The van der Waals surface area contributed by atoms with Crippen molar-refractivity contribution in [3.05, 3.63) is 0 Å². The molecule has 0 saturated heterocycles. The summed E-state index contributed by atoms with van der Waals surface area (Å²) >= 11 is 0. The molecule has 1 nitrogen and oxygen atoms in total. The van der Waals surface area contributed by atoms with Gasteiger partial charge in [-0.25, -0.2) is 0 Å². The van der Waals surface area contributed by atoms with Crippen molar-refractivity contribution in [2.45, 2.75) is 79.7 Å². The standard InChI is InChI=1S/C16H33N/c1-15(2,3)11-12-17-14-10-8-7-9-13(14)16(4,5)6/h13-14,17H,7-12H2,1-6H3. The van der Waals surface area contributed by atoms with Gasteiger partial charge in [-0.15, -0.1) is 0 Å². The SMILES string of the molecule is CC(C)(C)CCNC1CCCCC1C(C)(C)C. The Hall–Kier alpha value is -0.0400. The molecule has 17 heavy (non-hydrogen) atoms. The Bertz CT molecular complexity index is 219. The second kappa shape index (κ2) is 5.73. The molecular formula is C16H33N. The van der Waals surface area contributed by atoms with Crippen molar-refractivity contribution in [2.75, 3.05) is 6.54 Å². The first-order valence-electron chi connectivity index (χ1n) is 7.43. The van der Waals surface area contributed by atoms with Crippen molar-refractivity contribution in [1.29, 1.82) is 0 Å². The van der Waals surface area contributed by atoms with Gasteiger partial charge in [0.1, 0.15) is 0 Å². The van der Waals surface area contributed by atoms with Gasteiger partial charge in [-0.1, -0.05) is 54.4 Å². The molecule has 1 aliphatic rings. The normalized spacial score (nSPS) is 27.2. The van der Waals surface area contributed by atoms with Crippen LogP contribution in [0.25, 0.3) is 0 Å². The lowest BCUT2D eigenvalue weighted by atomic mass is 9.69. The quantitative estimate of drug-likeness (QED) is 0.758. The van der Waals surface area contributed by atoms with Crippen molar-refractivity contribution in [3.63, 3.8) is 0 Å². The molecule has 0 aromatic carbocycles. The van der Waals surface area contributed by atoms with Crippen LogP contribution in [0.3, 0.4) is 0 Å². The second-order valence-corrected chi connectivity index (χ2v) is 8.13. The molecule has 0 aromatic rings.